The van der Waals surface area contributed by atoms with Gasteiger partial charge < -0.3 is 4.74 Å². The zero-order chi connectivity index (χ0) is 10.8. The third-order valence-electron chi connectivity index (χ3n) is 2.63. The van der Waals surface area contributed by atoms with Crippen LogP contribution >= 0.6 is 0 Å². The van der Waals surface area contributed by atoms with Gasteiger partial charge in [-0.15, -0.1) is 0 Å². The molecule has 0 N–H and O–H groups in total. The van der Waals surface area contributed by atoms with Crippen LogP contribution in [0.3, 0.4) is 0 Å². The van der Waals surface area contributed by atoms with Gasteiger partial charge in [0.2, 0.25) is 10.0 Å². The van der Waals surface area contributed by atoms with Crippen LogP contribution in [-0.2, 0) is 14.8 Å². The van der Waals surface area contributed by atoms with E-state index in [2.05, 4.69) is 0 Å². The van der Waals surface area contributed by atoms with Crippen LogP contribution in [0.4, 0.5) is 0 Å². The van der Waals surface area contributed by atoms with E-state index in [4.69, 9.17) is 4.74 Å². The lowest BCUT2D eigenvalue weighted by Crippen LogP contribution is -2.45. The van der Waals surface area contributed by atoms with Crippen molar-refractivity contribution in [1.29, 1.82) is 0 Å². The van der Waals surface area contributed by atoms with Crippen molar-refractivity contribution in [3.8, 4) is 0 Å². The molecule has 1 atom stereocenters. The summed E-state index contributed by atoms with van der Waals surface area (Å²) >= 11 is 0. The Balaban J connectivity index is 2.69. The van der Waals surface area contributed by atoms with Crippen molar-refractivity contribution in [1.82, 2.24) is 4.31 Å². The number of piperidine rings is 1. The Morgan fingerprint density at radius 2 is 2.07 bits per heavy atom. The molecule has 4 nitrogen and oxygen atoms in total. The zero-order valence-electron chi connectivity index (χ0n) is 9.06. The average Bonchev–Trinajstić information content (AvgIpc) is 2.17. The van der Waals surface area contributed by atoms with E-state index in [1.165, 1.54) is 0 Å². The van der Waals surface area contributed by atoms with Crippen LogP contribution in [-0.4, -0.2) is 44.3 Å². The molecule has 0 spiro atoms. The maximum atomic E-state index is 11.8. The molecule has 0 aromatic heterocycles. The Kier molecular flexibility index (Phi) is 3.92. The molecule has 1 heterocycles. The highest BCUT2D eigenvalue weighted by Crippen LogP contribution is 2.18. The maximum Gasteiger partial charge on any atom is 0.216 e. The van der Waals surface area contributed by atoms with Gasteiger partial charge in [0.1, 0.15) is 0 Å². The van der Waals surface area contributed by atoms with Crippen LogP contribution < -0.4 is 0 Å². The lowest BCUT2D eigenvalue weighted by molar-refractivity contribution is 0.0570. The first kappa shape index (κ1) is 11.9. The first-order chi connectivity index (χ1) is 6.48. The van der Waals surface area contributed by atoms with Gasteiger partial charge in [0.05, 0.1) is 11.4 Å². The van der Waals surface area contributed by atoms with Crippen molar-refractivity contribution >= 4 is 10.0 Å². The summed E-state index contributed by atoms with van der Waals surface area (Å²) in [6.45, 7) is 4.58. The summed E-state index contributed by atoms with van der Waals surface area (Å²) in [4.78, 5) is 0. The molecule has 1 fully saturated rings. The Morgan fingerprint density at radius 1 is 1.43 bits per heavy atom. The first-order valence-corrected chi connectivity index (χ1v) is 6.50. The summed E-state index contributed by atoms with van der Waals surface area (Å²) in [5.41, 5.74) is 0. The zero-order valence-corrected chi connectivity index (χ0v) is 9.88. The molecule has 0 aromatic carbocycles. The number of rotatable bonds is 3. The van der Waals surface area contributed by atoms with E-state index < -0.39 is 10.0 Å². The predicted octanol–water partition coefficient (Wildman–Crippen LogP) is 0.835. The number of hydrogen-bond donors (Lipinski definition) is 0. The van der Waals surface area contributed by atoms with E-state index in [-0.39, 0.29) is 11.4 Å². The molecule has 0 amide bonds. The van der Waals surface area contributed by atoms with Gasteiger partial charge in [-0.25, -0.2) is 8.42 Å². The van der Waals surface area contributed by atoms with Crippen LogP contribution in [0, 0.1) is 0 Å². The molecule has 0 saturated carbocycles. The molecule has 14 heavy (non-hydrogen) atoms. The van der Waals surface area contributed by atoms with Gasteiger partial charge in [0, 0.05) is 20.2 Å². The minimum Gasteiger partial charge on any atom is -0.380 e. The molecule has 1 rings (SSSR count). The van der Waals surface area contributed by atoms with Crippen LogP contribution in [0.1, 0.15) is 26.7 Å². The van der Waals surface area contributed by atoms with E-state index >= 15 is 0 Å². The maximum absolute atomic E-state index is 11.8. The average molecular weight is 221 g/mol. The molecular weight excluding hydrogens is 202 g/mol. The minimum atomic E-state index is -3.09. The van der Waals surface area contributed by atoms with E-state index in [0.29, 0.717) is 13.1 Å². The fourth-order valence-corrected chi connectivity index (χ4v) is 2.98. The third-order valence-corrected chi connectivity index (χ3v) is 4.87. The second-order valence-electron chi connectivity index (χ2n) is 3.95. The molecule has 0 radical (unpaired) electrons. The topological polar surface area (TPSA) is 46.6 Å². The molecule has 0 aliphatic carbocycles. The summed E-state index contributed by atoms with van der Waals surface area (Å²) in [5, 5.41) is -0.335. The number of methoxy groups -OCH3 is 1. The molecule has 0 bridgehead atoms. The summed E-state index contributed by atoms with van der Waals surface area (Å²) in [5.74, 6) is 0. The van der Waals surface area contributed by atoms with E-state index in [1.807, 2.05) is 0 Å². The van der Waals surface area contributed by atoms with Gasteiger partial charge in [0.15, 0.2) is 0 Å². The molecule has 0 aromatic rings. The Labute approximate surface area is 86.3 Å². The van der Waals surface area contributed by atoms with Crippen molar-refractivity contribution in [3.63, 3.8) is 0 Å². The minimum absolute atomic E-state index is 0.0669. The van der Waals surface area contributed by atoms with Crippen LogP contribution in [0.2, 0.25) is 0 Å². The van der Waals surface area contributed by atoms with Gasteiger partial charge in [-0.1, -0.05) is 0 Å². The van der Waals surface area contributed by atoms with Gasteiger partial charge >= 0.3 is 0 Å². The van der Waals surface area contributed by atoms with E-state index in [0.717, 1.165) is 12.8 Å². The standard InChI is InChI=1S/C9H19NO3S/c1-8(2)14(11,12)10-6-4-5-9(7-10)13-3/h8-9H,4-7H2,1-3H3. The highest BCUT2D eigenvalue weighted by Gasteiger charge is 2.30. The van der Waals surface area contributed by atoms with Gasteiger partial charge in [0.25, 0.3) is 0 Å². The summed E-state index contributed by atoms with van der Waals surface area (Å²) in [7, 11) is -1.45. The van der Waals surface area contributed by atoms with Crippen LogP contribution in [0.5, 0.6) is 0 Å². The fraction of sp³-hybridized carbons (Fsp3) is 1.00. The largest absolute Gasteiger partial charge is 0.380 e. The van der Waals surface area contributed by atoms with E-state index in [9.17, 15) is 8.42 Å². The normalized spacial score (nSPS) is 25.6. The fourth-order valence-electron chi connectivity index (χ4n) is 1.63. The van der Waals surface area contributed by atoms with Crippen LogP contribution in [0.25, 0.3) is 0 Å². The predicted molar refractivity (Wildman–Crippen MR) is 55.7 cm³/mol. The Hall–Kier alpha value is -0.130. The van der Waals surface area contributed by atoms with E-state index in [1.54, 1.807) is 25.3 Å². The van der Waals surface area contributed by atoms with Crippen molar-refractivity contribution in [2.45, 2.75) is 38.0 Å². The second-order valence-corrected chi connectivity index (χ2v) is 6.44. The molecule has 1 saturated heterocycles. The summed E-state index contributed by atoms with van der Waals surface area (Å²) in [6.07, 6.45) is 1.92. The van der Waals surface area contributed by atoms with Crippen LogP contribution in [0.15, 0.2) is 0 Å². The van der Waals surface area contributed by atoms with Crippen molar-refractivity contribution in [2.24, 2.45) is 0 Å². The van der Waals surface area contributed by atoms with Gasteiger partial charge in [-0.2, -0.15) is 4.31 Å². The molecule has 1 aliphatic heterocycles. The monoisotopic (exact) mass is 221 g/mol. The quantitative estimate of drug-likeness (QED) is 0.709. The third kappa shape index (κ3) is 2.46. The molecule has 84 valence electrons. The number of nitrogens with zero attached hydrogens (tertiary/aromatic N) is 1. The Morgan fingerprint density at radius 3 is 2.57 bits per heavy atom. The molecule has 5 heteroatoms. The highest BCUT2D eigenvalue weighted by molar-refractivity contribution is 7.89. The SMILES string of the molecule is COC1CCCN(S(=O)(=O)C(C)C)C1. The van der Waals surface area contributed by atoms with Crippen molar-refractivity contribution in [3.05, 3.63) is 0 Å². The smallest absolute Gasteiger partial charge is 0.216 e. The lowest BCUT2D eigenvalue weighted by atomic mass is 10.1. The lowest BCUT2D eigenvalue weighted by Gasteiger charge is -2.32. The Bertz CT molecular complexity index is 274. The number of ether oxygens (including phenoxy) is 1. The number of sulfonamides is 1. The van der Waals surface area contributed by atoms with Crippen molar-refractivity contribution < 1.29 is 13.2 Å². The molecular formula is C9H19NO3S. The van der Waals surface area contributed by atoms with Gasteiger partial charge in [-0.05, 0) is 26.7 Å². The summed E-state index contributed by atoms with van der Waals surface area (Å²) < 4.78 is 30.4. The molecule has 1 unspecified atom stereocenters. The van der Waals surface area contributed by atoms with Gasteiger partial charge in [-0.3, -0.25) is 0 Å². The summed E-state index contributed by atoms with van der Waals surface area (Å²) in [6, 6.07) is 0. The molecule has 1 aliphatic rings. The second kappa shape index (κ2) is 4.59. The number of hydrogen-bond acceptors (Lipinski definition) is 3. The first-order valence-electron chi connectivity index (χ1n) is 5.00. The van der Waals surface area contributed by atoms with Crippen molar-refractivity contribution in [2.75, 3.05) is 20.2 Å². The highest BCUT2D eigenvalue weighted by atomic mass is 32.2.